The summed E-state index contributed by atoms with van der Waals surface area (Å²) in [5.41, 5.74) is -0.895. The zero-order valence-electron chi connectivity index (χ0n) is 9.94. The van der Waals surface area contributed by atoms with Crippen LogP contribution < -0.4 is 5.32 Å². The fourth-order valence-corrected chi connectivity index (χ4v) is 1.90. The van der Waals surface area contributed by atoms with Crippen molar-refractivity contribution in [3.63, 3.8) is 0 Å². The summed E-state index contributed by atoms with van der Waals surface area (Å²) in [6.45, 7) is 3.54. The Kier molecular flexibility index (Phi) is 4.25. The smallest absolute Gasteiger partial charge is 0.345 e. The Morgan fingerprint density at radius 2 is 2.18 bits per heavy atom. The number of carboxylic acid groups (broad SMARTS) is 1. The zero-order chi connectivity index (χ0) is 13.1. The molecule has 0 radical (unpaired) electrons. The summed E-state index contributed by atoms with van der Waals surface area (Å²) < 4.78 is 5.15. The van der Waals surface area contributed by atoms with Crippen LogP contribution in [0.4, 0.5) is 5.00 Å². The SMILES string of the molecule is CCC(C)(OC)C(=O)Nc1ccc(C(=O)O)s1. The van der Waals surface area contributed by atoms with Crippen molar-refractivity contribution in [1.29, 1.82) is 0 Å². The minimum Gasteiger partial charge on any atom is -0.477 e. The van der Waals surface area contributed by atoms with E-state index in [1.807, 2.05) is 6.92 Å². The molecule has 1 heterocycles. The summed E-state index contributed by atoms with van der Waals surface area (Å²) >= 11 is 1.02. The van der Waals surface area contributed by atoms with E-state index in [4.69, 9.17) is 9.84 Å². The van der Waals surface area contributed by atoms with Crippen molar-refractivity contribution in [3.05, 3.63) is 17.0 Å². The summed E-state index contributed by atoms with van der Waals surface area (Å²) in [6.07, 6.45) is 0.534. The van der Waals surface area contributed by atoms with E-state index in [1.54, 1.807) is 13.0 Å². The lowest BCUT2D eigenvalue weighted by molar-refractivity contribution is -0.136. The molecule has 0 aliphatic rings. The van der Waals surface area contributed by atoms with E-state index >= 15 is 0 Å². The Morgan fingerprint density at radius 3 is 2.59 bits per heavy atom. The van der Waals surface area contributed by atoms with E-state index in [9.17, 15) is 9.59 Å². The Bertz CT molecular complexity index is 423. The molecule has 0 aliphatic carbocycles. The molecule has 0 saturated heterocycles. The Hall–Kier alpha value is -1.40. The van der Waals surface area contributed by atoms with Gasteiger partial charge in [0.25, 0.3) is 5.91 Å². The monoisotopic (exact) mass is 257 g/mol. The molecule has 0 aromatic carbocycles. The van der Waals surface area contributed by atoms with Gasteiger partial charge >= 0.3 is 5.97 Å². The number of amides is 1. The number of rotatable bonds is 5. The molecule has 0 saturated carbocycles. The minimum atomic E-state index is -1.000. The van der Waals surface area contributed by atoms with Gasteiger partial charge in [-0.3, -0.25) is 4.79 Å². The highest BCUT2D eigenvalue weighted by Gasteiger charge is 2.31. The molecule has 1 amide bonds. The molecule has 2 N–H and O–H groups in total. The van der Waals surface area contributed by atoms with Crippen LogP contribution in [0, 0.1) is 0 Å². The third-order valence-corrected chi connectivity index (χ3v) is 3.65. The number of carbonyl (C=O) groups is 2. The molecule has 1 rings (SSSR count). The third-order valence-electron chi connectivity index (χ3n) is 2.66. The van der Waals surface area contributed by atoms with Crippen molar-refractivity contribution in [3.8, 4) is 0 Å². The molecule has 5 nitrogen and oxygen atoms in total. The van der Waals surface area contributed by atoms with Crippen LogP contribution in [0.15, 0.2) is 12.1 Å². The molecular formula is C11H15NO4S. The highest BCUT2D eigenvalue weighted by Crippen LogP contribution is 2.24. The van der Waals surface area contributed by atoms with Crippen LogP contribution in [0.2, 0.25) is 0 Å². The van der Waals surface area contributed by atoms with Crippen molar-refractivity contribution in [2.45, 2.75) is 25.9 Å². The number of hydrogen-bond donors (Lipinski definition) is 2. The number of anilines is 1. The van der Waals surface area contributed by atoms with Gasteiger partial charge in [-0.25, -0.2) is 4.79 Å². The number of methoxy groups -OCH3 is 1. The van der Waals surface area contributed by atoms with Gasteiger partial charge in [0.05, 0.1) is 5.00 Å². The van der Waals surface area contributed by atoms with E-state index in [0.717, 1.165) is 11.3 Å². The van der Waals surface area contributed by atoms with Crippen LogP contribution in [-0.4, -0.2) is 29.7 Å². The number of hydrogen-bond acceptors (Lipinski definition) is 4. The predicted molar refractivity (Wildman–Crippen MR) is 65.6 cm³/mol. The molecule has 1 unspecified atom stereocenters. The first-order valence-electron chi connectivity index (χ1n) is 5.12. The quantitative estimate of drug-likeness (QED) is 0.848. The molecule has 6 heteroatoms. The third kappa shape index (κ3) is 3.04. The van der Waals surface area contributed by atoms with Gasteiger partial charge in [-0.1, -0.05) is 6.92 Å². The molecule has 0 aliphatic heterocycles. The summed E-state index contributed by atoms with van der Waals surface area (Å²) in [5, 5.41) is 11.9. The largest absolute Gasteiger partial charge is 0.477 e. The lowest BCUT2D eigenvalue weighted by Crippen LogP contribution is -2.41. The van der Waals surface area contributed by atoms with Gasteiger partial charge in [-0.15, -0.1) is 11.3 Å². The maximum atomic E-state index is 11.9. The second kappa shape index (κ2) is 5.29. The van der Waals surface area contributed by atoms with Crippen LogP contribution >= 0.6 is 11.3 Å². The molecular weight excluding hydrogens is 242 g/mol. The first kappa shape index (κ1) is 13.7. The number of ether oxygens (including phenoxy) is 1. The average Bonchev–Trinajstić information content (AvgIpc) is 2.76. The van der Waals surface area contributed by atoms with Gasteiger partial charge in [-0.2, -0.15) is 0 Å². The van der Waals surface area contributed by atoms with Gasteiger partial charge in [0.1, 0.15) is 10.5 Å². The fraction of sp³-hybridized carbons (Fsp3) is 0.455. The lowest BCUT2D eigenvalue weighted by atomic mass is 10.0. The Balaban J connectivity index is 2.77. The van der Waals surface area contributed by atoms with Crippen molar-refractivity contribution < 1.29 is 19.4 Å². The Labute approximate surface area is 103 Å². The zero-order valence-corrected chi connectivity index (χ0v) is 10.8. The van der Waals surface area contributed by atoms with Crippen LogP contribution in [0.25, 0.3) is 0 Å². The van der Waals surface area contributed by atoms with E-state index in [-0.39, 0.29) is 10.8 Å². The van der Waals surface area contributed by atoms with Crippen molar-refractivity contribution in [2.24, 2.45) is 0 Å². The van der Waals surface area contributed by atoms with Crippen LogP contribution in [0.1, 0.15) is 29.9 Å². The van der Waals surface area contributed by atoms with Gasteiger partial charge in [0.2, 0.25) is 0 Å². The van der Waals surface area contributed by atoms with E-state index in [2.05, 4.69) is 5.32 Å². The highest BCUT2D eigenvalue weighted by molar-refractivity contribution is 7.18. The first-order chi connectivity index (χ1) is 7.92. The van der Waals surface area contributed by atoms with Gasteiger partial charge in [-0.05, 0) is 25.5 Å². The summed E-state index contributed by atoms with van der Waals surface area (Å²) in [4.78, 5) is 22.8. The first-order valence-corrected chi connectivity index (χ1v) is 5.94. The van der Waals surface area contributed by atoms with Crippen molar-refractivity contribution >= 4 is 28.2 Å². The fourth-order valence-electron chi connectivity index (χ4n) is 1.16. The number of carboxylic acids is 1. The van der Waals surface area contributed by atoms with Crippen LogP contribution in [0.3, 0.4) is 0 Å². The molecule has 0 spiro atoms. The number of thiophene rings is 1. The van der Waals surface area contributed by atoms with Crippen molar-refractivity contribution in [1.82, 2.24) is 0 Å². The maximum absolute atomic E-state index is 11.9. The van der Waals surface area contributed by atoms with Gasteiger partial charge < -0.3 is 15.2 Å². The molecule has 1 aromatic heterocycles. The number of nitrogens with one attached hydrogen (secondary N) is 1. The van der Waals surface area contributed by atoms with Crippen LogP contribution in [0.5, 0.6) is 0 Å². The Morgan fingerprint density at radius 1 is 1.53 bits per heavy atom. The maximum Gasteiger partial charge on any atom is 0.345 e. The molecule has 17 heavy (non-hydrogen) atoms. The van der Waals surface area contributed by atoms with Crippen molar-refractivity contribution in [2.75, 3.05) is 12.4 Å². The summed E-state index contributed by atoms with van der Waals surface area (Å²) in [6, 6.07) is 3.02. The van der Waals surface area contributed by atoms with Crippen LogP contribution in [-0.2, 0) is 9.53 Å². The lowest BCUT2D eigenvalue weighted by Gasteiger charge is -2.24. The summed E-state index contributed by atoms with van der Waals surface area (Å²) in [7, 11) is 1.47. The summed E-state index contributed by atoms with van der Waals surface area (Å²) in [5.74, 6) is -1.28. The second-order valence-electron chi connectivity index (χ2n) is 3.71. The highest BCUT2D eigenvalue weighted by atomic mass is 32.1. The predicted octanol–water partition coefficient (Wildman–Crippen LogP) is 2.20. The van der Waals surface area contributed by atoms with E-state index in [0.29, 0.717) is 11.4 Å². The number of carbonyl (C=O) groups excluding carboxylic acids is 1. The second-order valence-corrected chi connectivity index (χ2v) is 4.80. The van der Waals surface area contributed by atoms with E-state index < -0.39 is 11.6 Å². The molecule has 0 bridgehead atoms. The average molecular weight is 257 g/mol. The minimum absolute atomic E-state index is 0.191. The normalized spacial score (nSPS) is 14.1. The van der Waals surface area contributed by atoms with E-state index in [1.165, 1.54) is 13.2 Å². The molecule has 1 aromatic rings. The molecule has 0 fully saturated rings. The van der Waals surface area contributed by atoms with Gasteiger partial charge in [0.15, 0.2) is 0 Å². The van der Waals surface area contributed by atoms with Gasteiger partial charge in [0, 0.05) is 7.11 Å². The number of aromatic carboxylic acids is 1. The molecule has 1 atom stereocenters. The molecule has 94 valence electrons. The standard InChI is InChI=1S/C11H15NO4S/c1-4-11(2,16-3)10(15)12-8-6-5-7(17-8)9(13)14/h5-6H,4H2,1-3H3,(H,12,15)(H,13,14). The topological polar surface area (TPSA) is 75.6 Å².